The summed E-state index contributed by atoms with van der Waals surface area (Å²) in [6.07, 6.45) is 4.85. The van der Waals surface area contributed by atoms with Crippen molar-refractivity contribution in [3.63, 3.8) is 0 Å². The molecule has 0 aliphatic carbocycles. The van der Waals surface area contributed by atoms with Gasteiger partial charge in [-0.15, -0.1) is 5.10 Å². The van der Waals surface area contributed by atoms with Crippen molar-refractivity contribution >= 4 is 11.0 Å². The van der Waals surface area contributed by atoms with Crippen molar-refractivity contribution in [2.75, 3.05) is 0 Å². The summed E-state index contributed by atoms with van der Waals surface area (Å²) in [4.78, 5) is 0. The molecule has 0 radical (unpaired) electrons. The highest BCUT2D eigenvalue weighted by molar-refractivity contribution is 5.74. The zero-order valence-electron chi connectivity index (χ0n) is 16.0. The van der Waals surface area contributed by atoms with Crippen molar-refractivity contribution in [2.45, 2.75) is 64.5 Å². The smallest absolute Gasteiger partial charge is 0.113 e. The molecule has 2 atom stereocenters. The van der Waals surface area contributed by atoms with Gasteiger partial charge in [0.05, 0.1) is 11.1 Å². The van der Waals surface area contributed by atoms with E-state index in [1.165, 1.54) is 24.8 Å². The Balaban J connectivity index is 1.99. The number of hydrogen-bond acceptors (Lipinski definition) is 3. The molecular weight excluding hydrogens is 322 g/mol. The number of aliphatic hydroxyl groups excluding tert-OH is 1. The number of rotatable bonds is 8. The summed E-state index contributed by atoms with van der Waals surface area (Å²) >= 11 is 0. The Kier molecular flexibility index (Phi) is 5.72. The first-order valence-electron chi connectivity index (χ1n) is 9.62. The SMILES string of the molecule is CCCCCCC(C)(C(O)c1ccc(C)cc1)n1nnc2ccccc21. The van der Waals surface area contributed by atoms with Gasteiger partial charge in [0.2, 0.25) is 0 Å². The fraction of sp³-hybridized carbons (Fsp3) is 0.455. The fourth-order valence-electron chi connectivity index (χ4n) is 3.62. The van der Waals surface area contributed by atoms with E-state index in [-0.39, 0.29) is 0 Å². The maximum atomic E-state index is 11.3. The second-order valence-corrected chi connectivity index (χ2v) is 7.47. The normalized spacial score (nSPS) is 15.1. The van der Waals surface area contributed by atoms with Crippen LogP contribution in [0.4, 0.5) is 0 Å². The zero-order chi connectivity index (χ0) is 18.6. The van der Waals surface area contributed by atoms with E-state index >= 15 is 0 Å². The molecule has 3 aromatic rings. The van der Waals surface area contributed by atoms with Gasteiger partial charge in [-0.25, -0.2) is 4.68 Å². The summed E-state index contributed by atoms with van der Waals surface area (Å²) in [7, 11) is 0. The van der Waals surface area contributed by atoms with Gasteiger partial charge in [0.1, 0.15) is 11.6 Å². The minimum atomic E-state index is -0.644. The van der Waals surface area contributed by atoms with Crippen molar-refractivity contribution in [2.24, 2.45) is 0 Å². The lowest BCUT2D eigenvalue weighted by Gasteiger charge is -2.35. The van der Waals surface area contributed by atoms with Gasteiger partial charge in [-0.05, 0) is 38.0 Å². The number of nitrogens with zero attached hydrogens (tertiary/aromatic N) is 3. The third-order valence-electron chi connectivity index (χ3n) is 5.35. The van der Waals surface area contributed by atoms with Crippen LogP contribution in [-0.2, 0) is 5.54 Å². The summed E-state index contributed by atoms with van der Waals surface area (Å²) in [5.74, 6) is 0. The number of unbranched alkanes of at least 4 members (excludes halogenated alkanes) is 3. The fourth-order valence-corrected chi connectivity index (χ4v) is 3.62. The number of fused-ring (bicyclic) bond motifs is 1. The molecule has 1 aromatic heterocycles. The molecule has 0 fully saturated rings. The Hall–Kier alpha value is -2.20. The van der Waals surface area contributed by atoms with Gasteiger partial charge in [0.25, 0.3) is 0 Å². The van der Waals surface area contributed by atoms with Crippen LogP contribution in [0.1, 0.15) is 63.2 Å². The topological polar surface area (TPSA) is 50.9 Å². The number of benzene rings is 2. The molecule has 2 aromatic carbocycles. The average Bonchev–Trinajstić information content (AvgIpc) is 3.10. The molecule has 1 N–H and O–H groups in total. The molecule has 26 heavy (non-hydrogen) atoms. The molecular formula is C22H29N3O. The van der Waals surface area contributed by atoms with Crippen LogP contribution in [0.15, 0.2) is 48.5 Å². The van der Waals surface area contributed by atoms with E-state index in [4.69, 9.17) is 0 Å². The number of hydrogen-bond donors (Lipinski definition) is 1. The molecule has 4 nitrogen and oxygen atoms in total. The third-order valence-corrected chi connectivity index (χ3v) is 5.35. The lowest BCUT2D eigenvalue weighted by molar-refractivity contribution is 0.0289. The van der Waals surface area contributed by atoms with Crippen LogP contribution in [0.25, 0.3) is 11.0 Å². The predicted octanol–water partition coefficient (Wildman–Crippen LogP) is 5.16. The van der Waals surface area contributed by atoms with E-state index < -0.39 is 11.6 Å². The molecule has 0 bridgehead atoms. The lowest BCUT2D eigenvalue weighted by atomic mass is 9.84. The summed E-state index contributed by atoms with van der Waals surface area (Å²) in [5, 5.41) is 20.1. The van der Waals surface area contributed by atoms with Crippen molar-refractivity contribution < 1.29 is 5.11 Å². The maximum Gasteiger partial charge on any atom is 0.113 e. The standard InChI is InChI=1S/C22H29N3O/c1-4-5-6-9-16-22(3,21(26)18-14-12-17(2)13-15-18)25-20-11-8-7-10-19(20)23-24-25/h7-8,10-15,21,26H,4-6,9,16H2,1-3H3. The van der Waals surface area contributed by atoms with Crippen LogP contribution < -0.4 is 0 Å². The van der Waals surface area contributed by atoms with Gasteiger partial charge >= 0.3 is 0 Å². The second kappa shape index (κ2) is 8.00. The third kappa shape index (κ3) is 3.65. The Bertz CT molecular complexity index is 840. The Morgan fingerprint density at radius 2 is 1.77 bits per heavy atom. The first kappa shape index (κ1) is 18.6. The minimum absolute atomic E-state index is 0.543. The highest BCUT2D eigenvalue weighted by atomic mass is 16.3. The van der Waals surface area contributed by atoms with Gasteiger partial charge in [-0.1, -0.05) is 79.8 Å². The molecule has 0 spiro atoms. The number of aromatic nitrogens is 3. The van der Waals surface area contributed by atoms with Crippen LogP contribution in [0, 0.1) is 6.92 Å². The summed E-state index contributed by atoms with van der Waals surface area (Å²) in [6.45, 7) is 6.38. The Morgan fingerprint density at radius 3 is 2.50 bits per heavy atom. The monoisotopic (exact) mass is 351 g/mol. The van der Waals surface area contributed by atoms with Crippen molar-refractivity contribution in [1.29, 1.82) is 0 Å². The van der Waals surface area contributed by atoms with E-state index in [0.29, 0.717) is 0 Å². The Labute approximate surface area is 155 Å². The van der Waals surface area contributed by atoms with Gasteiger partial charge in [-0.3, -0.25) is 0 Å². The lowest BCUT2D eigenvalue weighted by Crippen LogP contribution is -2.38. The van der Waals surface area contributed by atoms with Crippen LogP contribution in [0.3, 0.4) is 0 Å². The largest absolute Gasteiger partial charge is 0.386 e. The van der Waals surface area contributed by atoms with Crippen LogP contribution in [0.2, 0.25) is 0 Å². The van der Waals surface area contributed by atoms with Gasteiger partial charge in [-0.2, -0.15) is 0 Å². The zero-order valence-corrected chi connectivity index (χ0v) is 16.0. The summed E-state index contributed by atoms with van der Waals surface area (Å²) < 4.78 is 1.93. The van der Waals surface area contributed by atoms with Crippen molar-refractivity contribution in [1.82, 2.24) is 15.0 Å². The maximum absolute atomic E-state index is 11.3. The molecule has 4 heteroatoms. The number of aryl methyl sites for hydroxylation is 1. The van der Waals surface area contributed by atoms with Gasteiger partial charge < -0.3 is 5.11 Å². The second-order valence-electron chi connectivity index (χ2n) is 7.47. The van der Waals surface area contributed by atoms with Crippen LogP contribution in [-0.4, -0.2) is 20.1 Å². The minimum Gasteiger partial charge on any atom is -0.386 e. The highest BCUT2D eigenvalue weighted by Gasteiger charge is 2.37. The molecule has 2 unspecified atom stereocenters. The Morgan fingerprint density at radius 1 is 1.04 bits per heavy atom. The quantitative estimate of drug-likeness (QED) is 0.570. The predicted molar refractivity (Wildman–Crippen MR) is 106 cm³/mol. The van der Waals surface area contributed by atoms with Crippen molar-refractivity contribution in [3.8, 4) is 0 Å². The van der Waals surface area contributed by atoms with E-state index in [1.54, 1.807) is 0 Å². The molecule has 3 rings (SSSR count). The van der Waals surface area contributed by atoms with Crippen molar-refractivity contribution in [3.05, 3.63) is 59.7 Å². The van der Waals surface area contributed by atoms with E-state index in [0.717, 1.165) is 29.4 Å². The molecule has 0 aliphatic heterocycles. The van der Waals surface area contributed by atoms with Crippen LogP contribution >= 0.6 is 0 Å². The average molecular weight is 351 g/mol. The highest BCUT2D eigenvalue weighted by Crippen LogP contribution is 2.38. The molecule has 0 aliphatic rings. The summed E-state index contributed by atoms with van der Waals surface area (Å²) in [6, 6.07) is 16.1. The van der Waals surface area contributed by atoms with E-state index in [2.05, 4.69) is 43.2 Å². The van der Waals surface area contributed by atoms with Crippen LogP contribution in [0.5, 0.6) is 0 Å². The summed E-state index contributed by atoms with van der Waals surface area (Å²) in [5.41, 5.74) is 3.41. The number of para-hydroxylation sites is 1. The van der Waals surface area contributed by atoms with Gasteiger partial charge in [0, 0.05) is 0 Å². The van der Waals surface area contributed by atoms with Gasteiger partial charge in [0.15, 0.2) is 0 Å². The van der Waals surface area contributed by atoms with E-state index in [9.17, 15) is 5.11 Å². The first-order chi connectivity index (χ1) is 12.6. The molecule has 0 saturated carbocycles. The molecule has 1 heterocycles. The number of aliphatic hydroxyl groups is 1. The van der Waals surface area contributed by atoms with E-state index in [1.807, 2.05) is 41.1 Å². The molecule has 0 amide bonds. The molecule has 0 saturated heterocycles. The first-order valence-corrected chi connectivity index (χ1v) is 9.62. The molecule has 138 valence electrons.